The molecule has 2 aromatic rings. The number of nitrogens with one attached hydrogen (secondary N) is 1. The minimum absolute atomic E-state index is 0.175. The van der Waals surface area contributed by atoms with Crippen molar-refractivity contribution in [3.05, 3.63) is 47.9 Å². The standard InChI is InChI=1S/C14H14N4O/c1-19-12-4-2-11(3-5-12)6-8-16-13-7-9-17-14(10-15)18-13/h2-5,7,9H,6,8H2,1H3,(H,16,17,18). The van der Waals surface area contributed by atoms with Gasteiger partial charge in [-0.2, -0.15) is 5.26 Å². The van der Waals surface area contributed by atoms with Gasteiger partial charge in [-0.25, -0.2) is 9.97 Å². The van der Waals surface area contributed by atoms with Crippen molar-refractivity contribution in [3.63, 3.8) is 0 Å². The summed E-state index contributed by atoms with van der Waals surface area (Å²) in [5, 5.41) is 11.9. The lowest BCUT2D eigenvalue weighted by atomic mass is 10.1. The van der Waals surface area contributed by atoms with Gasteiger partial charge < -0.3 is 10.1 Å². The van der Waals surface area contributed by atoms with E-state index in [1.165, 1.54) is 5.56 Å². The molecule has 0 unspecified atom stereocenters. The summed E-state index contributed by atoms with van der Waals surface area (Å²) in [6.07, 6.45) is 2.44. The predicted octanol–water partition coefficient (Wildman–Crippen LogP) is 2.01. The van der Waals surface area contributed by atoms with Gasteiger partial charge in [-0.15, -0.1) is 0 Å². The summed E-state index contributed by atoms with van der Waals surface area (Å²) < 4.78 is 5.11. The molecule has 5 heteroatoms. The minimum Gasteiger partial charge on any atom is -0.497 e. The highest BCUT2D eigenvalue weighted by Gasteiger charge is 1.98. The Balaban J connectivity index is 1.87. The molecule has 0 aliphatic heterocycles. The highest BCUT2D eigenvalue weighted by atomic mass is 16.5. The van der Waals surface area contributed by atoms with Crippen molar-refractivity contribution in [1.82, 2.24) is 9.97 Å². The van der Waals surface area contributed by atoms with Crippen molar-refractivity contribution in [2.45, 2.75) is 6.42 Å². The Hall–Kier alpha value is -2.61. The fourth-order valence-corrected chi connectivity index (χ4v) is 1.64. The van der Waals surface area contributed by atoms with Crippen LogP contribution in [0, 0.1) is 11.3 Å². The zero-order valence-electron chi connectivity index (χ0n) is 10.6. The van der Waals surface area contributed by atoms with E-state index in [1.807, 2.05) is 30.3 Å². The van der Waals surface area contributed by atoms with E-state index < -0.39 is 0 Å². The largest absolute Gasteiger partial charge is 0.497 e. The first-order chi connectivity index (χ1) is 9.31. The molecule has 1 heterocycles. The van der Waals surface area contributed by atoms with Crippen LogP contribution in [0.5, 0.6) is 5.75 Å². The number of rotatable bonds is 5. The lowest BCUT2D eigenvalue weighted by Gasteiger charge is -2.06. The van der Waals surface area contributed by atoms with Crippen molar-refractivity contribution >= 4 is 5.82 Å². The lowest BCUT2D eigenvalue weighted by Crippen LogP contribution is -2.07. The van der Waals surface area contributed by atoms with Gasteiger partial charge in [0.25, 0.3) is 0 Å². The molecular formula is C14H14N4O. The number of nitrogens with zero attached hydrogens (tertiary/aromatic N) is 3. The zero-order valence-corrected chi connectivity index (χ0v) is 10.6. The third-order valence-corrected chi connectivity index (χ3v) is 2.63. The van der Waals surface area contributed by atoms with Crippen molar-refractivity contribution in [3.8, 4) is 11.8 Å². The molecule has 5 nitrogen and oxygen atoms in total. The van der Waals surface area contributed by atoms with Crippen LogP contribution in [0.4, 0.5) is 5.82 Å². The zero-order chi connectivity index (χ0) is 13.5. The minimum atomic E-state index is 0.175. The summed E-state index contributed by atoms with van der Waals surface area (Å²) in [5.74, 6) is 1.70. The smallest absolute Gasteiger partial charge is 0.234 e. The Morgan fingerprint density at radius 2 is 2.05 bits per heavy atom. The van der Waals surface area contributed by atoms with Gasteiger partial charge >= 0.3 is 0 Å². The number of hydrogen-bond acceptors (Lipinski definition) is 5. The van der Waals surface area contributed by atoms with Crippen LogP contribution in [0.2, 0.25) is 0 Å². The third kappa shape index (κ3) is 3.68. The molecule has 0 aliphatic rings. The second kappa shape index (κ2) is 6.36. The second-order valence-electron chi connectivity index (χ2n) is 3.90. The summed E-state index contributed by atoms with van der Waals surface area (Å²) in [7, 11) is 1.65. The van der Waals surface area contributed by atoms with Crippen LogP contribution >= 0.6 is 0 Å². The summed E-state index contributed by atoms with van der Waals surface area (Å²) in [5.41, 5.74) is 1.21. The van der Waals surface area contributed by atoms with Crippen molar-refractivity contribution in [2.24, 2.45) is 0 Å². The predicted molar refractivity (Wildman–Crippen MR) is 71.9 cm³/mol. The molecule has 96 valence electrons. The molecule has 0 fully saturated rings. The molecule has 0 saturated heterocycles. The van der Waals surface area contributed by atoms with Gasteiger partial charge in [0.05, 0.1) is 7.11 Å². The molecule has 0 aliphatic carbocycles. The van der Waals surface area contributed by atoms with Crippen LogP contribution in [0.3, 0.4) is 0 Å². The fraction of sp³-hybridized carbons (Fsp3) is 0.214. The van der Waals surface area contributed by atoms with Crippen LogP contribution in [-0.4, -0.2) is 23.6 Å². The molecule has 1 N–H and O–H groups in total. The summed E-state index contributed by atoms with van der Waals surface area (Å²) in [4.78, 5) is 7.86. The summed E-state index contributed by atoms with van der Waals surface area (Å²) in [6.45, 7) is 0.744. The number of nitriles is 1. The Labute approximate surface area is 111 Å². The highest BCUT2D eigenvalue weighted by Crippen LogP contribution is 2.11. The second-order valence-corrected chi connectivity index (χ2v) is 3.90. The number of benzene rings is 1. The van der Waals surface area contributed by atoms with Gasteiger partial charge in [0, 0.05) is 12.7 Å². The van der Waals surface area contributed by atoms with Gasteiger partial charge in [-0.3, -0.25) is 0 Å². The molecule has 1 aromatic carbocycles. The topological polar surface area (TPSA) is 70.8 Å². The molecule has 0 atom stereocenters. The van der Waals surface area contributed by atoms with Crippen molar-refractivity contribution < 1.29 is 4.74 Å². The Morgan fingerprint density at radius 3 is 2.74 bits per heavy atom. The van der Waals surface area contributed by atoms with Gasteiger partial charge in [0.1, 0.15) is 17.6 Å². The molecule has 19 heavy (non-hydrogen) atoms. The van der Waals surface area contributed by atoms with E-state index in [0.717, 1.165) is 18.7 Å². The molecule has 0 amide bonds. The molecule has 1 aromatic heterocycles. The molecule has 0 spiro atoms. The van der Waals surface area contributed by atoms with E-state index >= 15 is 0 Å². The first-order valence-corrected chi connectivity index (χ1v) is 5.92. The van der Waals surface area contributed by atoms with Crippen LogP contribution < -0.4 is 10.1 Å². The quantitative estimate of drug-likeness (QED) is 0.883. The van der Waals surface area contributed by atoms with E-state index in [2.05, 4.69) is 15.3 Å². The lowest BCUT2D eigenvalue weighted by molar-refractivity contribution is 0.414. The van der Waals surface area contributed by atoms with Gasteiger partial charge in [0.2, 0.25) is 5.82 Å². The van der Waals surface area contributed by atoms with E-state index in [1.54, 1.807) is 19.4 Å². The SMILES string of the molecule is COc1ccc(CCNc2ccnc(C#N)n2)cc1. The third-order valence-electron chi connectivity index (χ3n) is 2.63. The van der Waals surface area contributed by atoms with Gasteiger partial charge in [-0.1, -0.05) is 12.1 Å². The highest BCUT2D eigenvalue weighted by molar-refractivity contribution is 5.35. The van der Waals surface area contributed by atoms with E-state index in [-0.39, 0.29) is 5.82 Å². The average Bonchev–Trinajstić information content (AvgIpc) is 2.48. The molecule has 2 rings (SSSR count). The van der Waals surface area contributed by atoms with Crippen molar-refractivity contribution in [1.29, 1.82) is 5.26 Å². The maximum atomic E-state index is 8.70. The first kappa shape index (κ1) is 12.8. The molecular weight excluding hydrogens is 240 g/mol. The van der Waals surface area contributed by atoms with E-state index in [9.17, 15) is 0 Å². The molecule has 0 bridgehead atoms. The maximum absolute atomic E-state index is 8.70. The van der Waals surface area contributed by atoms with Gasteiger partial charge in [-0.05, 0) is 30.2 Å². The molecule has 0 radical (unpaired) electrons. The van der Waals surface area contributed by atoms with Crippen LogP contribution in [-0.2, 0) is 6.42 Å². The van der Waals surface area contributed by atoms with Crippen LogP contribution in [0.25, 0.3) is 0 Å². The number of ether oxygens (including phenoxy) is 1. The monoisotopic (exact) mass is 254 g/mol. The Kier molecular flexibility index (Phi) is 4.29. The Bertz CT molecular complexity index is 575. The van der Waals surface area contributed by atoms with Crippen molar-refractivity contribution in [2.75, 3.05) is 19.0 Å². The number of anilines is 1. The number of hydrogen-bond donors (Lipinski definition) is 1. The summed E-state index contributed by atoms with van der Waals surface area (Å²) >= 11 is 0. The Morgan fingerprint density at radius 1 is 1.26 bits per heavy atom. The fourth-order valence-electron chi connectivity index (χ4n) is 1.64. The summed E-state index contributed by atoms with van der Waals surface area (Å²) in [6, 6.07) is 11.6. The number of methoxy groups -OCH3 is 1. The van der Waals surface area contributed by atoms with Gasteiger partial charge in [0.15, 0.2) is 0 Å². The number of aromatic nitrogens is 2. The normalized spacial score (nSPS) is 9.68. The van der Waals surface area contributed by atoms with E-state index in [4.69, 9.17) is 10.00 Å². The van der Waals surface area contributed by atoms with Crippen LogP contribution in [0.1, 0.15) is 11.4 Å². The molecule has 0 saturated carbocycles. The first-order valence-electron chi connectivity index (χ1n) is 5.92. The van der Waals surface area contributed by atoms with E-state index in [0.29, 0.717) is 5.82 Å². The maximum Gasteiger partial charge on any atom is 0.234 e. The average molecular weight is 254 g/mol. The van der Waals surface area contributed by atoms with Crippen LogP contribution in [0.15, 0.2) is 36.5 Å².